The summed E-state index contributed by atoms with van der Waals surface area (Å²) in [6.07, 6.45) is -0.341. The van der Waals surface area contributed by atoms with E-state index in [1.165, 1.54) is 25.6 Å². The molecule has 2 aromatic rings. The van der Waals surface area contributed by atoms with Crippen LogP contribution in [0.5, 0.6) is 11.5 Å². The predicted molar refractivity (Wildman–Crippen MR) is 83.7 cm³/mol. The van der Waals surface area contributed by atoms with Gasteiger partial charge in [-0.25, -0.2) is 0 Å². The molecule has 1 atom stereocenters. The van der Waals surface area contributed by atoms with Crippen molar-refractivity contribution >= 4 is 23.2 Å². The zero-order valence-electron chi connectivity index (χ0n) is 12.7. The van der Waals surface area contributed by atoms with Crippen molar-refractivity contribution in [2.75, 3.05) is 14.2 Å². The molecule has 1 N–H and O–H groups in total. The number of thiophene rings is 1. The van der Waals surface area contributed by atoms with E-state index in [0.717, 1.165) is 0 Å². The van der Waals surface area contributed by atoms with Crippen LogP contribution in [0.2, 0.25) is 0 Å². The Hall–Kier alpha value is -2.54. The molecule has 6 nitrogen and oxygen atoms in total. The molecule has 1 heterocycles. The number of rotatable bonds is 7. The molecule has 1 aromatic carbocycles. The summed E-state index contributed by atoms with van der Waals surface area (Å²) < 4.78 is 10.4. The number of hydrogen-bond donors (Lipinski definition) is 1. The Morgan fingerprint density at radius 3 is 2.52 bits per heavy atom. The number of methoxy groups -OCH3 is 2. The maximum atomic E-state index is 12.2. The summed E-state index contributed by atoms with van der Waals surface area (Å²) in [7, 11) is 2.99. The van der Waals surface area contributed by atoms with Gasteiger partial charge in [0.05, 0.1) is 25.1 Å². The molecule has 1 unspecified atom stereocenters. The van der Waals surface area contributed by atoms with Gasteiger partial charge < -0.3 is 24.7 Å². The number of aliphatic carboxylic acids is 1. The van der Waals surface area contributed by atoms with Crippen molar-refractivity contribution in [2.45, 2.75) is 12.5 Å². The van der Waals surface area contributed by atoms with E-state index in [2.05, 4.69) is 5.32 Å². The van der Waals surface area contributed by atoms with Gasteiger partial charge >= 0.3 is 0 Å². The predicted octanol–water partition coefficient (Wildman–Crippen LogP) is 1.38. The van der Waals surface area contributed by atoms with E-state index in [1.54, 1.807) is 35.7 Å². The first-order valence-corrected chi connectivity index (χ1v) is 7.69. The molecule has 0 saturated carbocycles. The first-order chi connectivity index (χ1) is 11.0. The van der Waals surface area contributed by atoms with Crippen LogP contribution in [0, 0.1) is 0 Å². The first-order valence-electron chi connectivity index (χ1n) is 6.81. The van der Waals surface area contributed by atoms with E-state index >= 15 is 0 Å². The third-order valence-electron chi connectivity index (χ3n) is 3.23. The lowest BCUT2D eigenvalue weighted by Gasteiger charge is -2.20. The quantitative estimate of drug-likeness (QED) is 0.826. The Morgan fingerprint density at radius 1 is 1.22 bits per heavy atom. The van der Waals surface area contributed by atoms with Crippen LogP contribution in [0.1, 0.15) is 27.7 Å². The van der Waals surface area contributed by atoms with Crippen LogP contribution in [0.3, 0.4) is 0 Å². The van der Waals surface area contributed by atoms with E-state index < -0.39 is 12.0 Å². The molecule has 122 valence electrons. The fourth-order valence-electron chi connectivity index (χ4n) is 2.13. The summed E-state index contributed by atoms with van der Waals surface area (Å²) >= 11 is 1.28. The zero-order chi connectivity index (χ0) is 16.8. The van der Waals surface area contributed by atoms with E-state index in [-0.39, 0.29) is 12.3 Å². The highest BCUT2D eigenvalue weighted by Crippen LogP contribution is 2.31. The lowest BCUT2D eigenvalue weighted by Crippen LogP contribution is -2.34. The third-order valence-corrected chi connectivity index (χ3v) is 4.10. The van der Waals surface area contributed by atoms with Gasteiger partial charge in [0.2, 0.25) is 0 Å². The van der Waals surface area contributed by atoms with Gasteiger partial charge in [-0.2, -0.15) is 0 Å². The molecule has 0 aliphatic rings. The molecule has 7 heteroatoms. The minimum atomic E-state index is -1.25. The number of carboxylic acids is 1. The van der Waals surface area contributed by atoms with Crippen LogP contribution in [0.15, 0.2) is 35.7 Å². The van der Waals surface area contributed by atoms with E-state index in [4.69, 9.17) is 9.47 Å². The topological polar surface area (TPSA) is 87.7 Å². The lowest BCUT2D eigenvalue weighted by molar-refractivity contribution is -0.306. The number of nitrogens with one attached hydrogen (secondary N) is 1. The maximum absolute atomic E-state index is 12.2. The van der Waals surface area contributed by atoms with Gasteiger partial charge in [0.1, 0.15) is 0 Å². The Labute approximate surface area is 137 Å². The number of ether oxygens (including phenoxy) is 2. The average Bonchev–Trinajstić information content (AvgIpc) is 3.07. The smallest absolute Gasteiger partial charge is 0.261 e. The molecule has 2 rings (SSSR count). The van der Waals surface area contributed by atoms with E-state index in [9.17, 15) is 14.7 Å². The fourth-order valence-corrected chi connectivity index (χ4v) is 2.75. The number of carbonyl (C=O) groups is 2. The Kier molecular flexibility index (Phi) is 5.59. The van der Waals surface area contributed by atoms with Gasteiger partial charge in [-0.15, -0.1) is 11.3 Å². The second-order valence-electron chi connectivity index (χ2n) is 4.69. The normalized spacial score (nSPS) is 11.6. The number of carbonyl (C=O) groups excluding carboxylic acids is 2. The minimum absolute atomic E-state index is 0.332. The molecule has 0 aliphatic carbocycles. The third kappa shape index (κ3) is 4.23. The van der Waals surface area contributed by atoms with Crippen molar-refractivity contribution < 1.29 is 24.2 Å². The largest absolute Gasteiger partial charge is 0.550 e. The van der Waals surface area contributed by atoms with Crippen LogP contribution in [-0.2, 0) is 4.79 Å². The van der Waals surface area contributed by atoms with Crippen LogP contribution in [0.4, 0.5) is 0 Å². The number of benzene rings is 1. The molecule has 0 fully saturated rings. The molecule has 0 bridgehead atoms. The van der Waals surface area contributed by atoms with Crippen molar-refractivity contribution in [1.29, 1.82) is 0 Å². The summed E-state index contributed by atoms with van der Waals surface area (Å²) in [5.74, 6) is -0.607. The van der Waals surface area contributed by atoms with Crippen molar-refractivity contribution in [2.24, 2.45) is 0 Å². The second-order valence-corrected chi connectivity index (χ2v) is 5.64. The number of carboxylic acid groups (broad SMARTS) is 1. The monoisotopic (exact) mass is 334 g/mol. The van der Waals surface area contributed by atoms with Gasteiger partial charge in [0.25, 0.3) is 5.91 Å². The van der Waals surface area contributed by atoms with Gasteiger partial charge in [0, 0.05) is 12.4 Å². The lowest BCUT2D eigenvalue weighted by atomic mass is 10.0. The highest BCUT2D eigenvalue weighted by molar-refractivity contribution is 7.12. The van der Waals surface area contributed by atoms with Crippen LogP contribution in [0.25, 0.3) is 0 Å². The second kappa shape index (κ2) is 7.64. The number of amides is 1. The standard InChI is InChI=1S/C16H17NO5S/c1-21-12-6-5-10(8-13(12)22-2)11(9-15(18)19)17-16(20)14-4-3-7-23-14/h3-8,11H,9H2,1-2H3,(H,17,20)(H,18,19)/p-1. The minimum Gasteiger partial charge on any atom is -0.550 e. The Balaban J connectivity index is 2.27. The van der Waals surface area contributed by atoms with E-state index in [0.29, 0.717) is 21.9 Å². The molecule has 0 saturated heterocycles. The van der Waals surface area contributed by atoms with Crippen molar-refractivity contribution in [3.63, 3.8) is 0 Å². The zero-order valence-corrected chi connectivity index (χ0v) is 13.5. The van der Waals surface area contributed by atoms with Crippen LogP contribution >= 0.6 is 11.3 Å². The molecular formula is C16H16NO5S-. The summed E-state index contributed by atoms with van der Waals surface area (Å²) in [6, 6.07) is 7.68. The highest BCUT2D eigenvalue weighted by Gasteiger charge is 2.18. The summed E-state index contributed by atoms with van der Waals surface area (Å²) in [6.45, 7) is 0. The molecule has 1 aromatic heterocycles. The van der Waals surface area contributed by atoms with Crippen molar-refractivity contribution in [3.05, 3.63) is 46.2 Å². The summed E-state index contributed by atoms with van der Waals surface area (Å²) in [5.41, 5.74) is 0.594. The summed E-state index contributed by atoms with van der Waals surface area (Å²) in [5, 5.41) is 15.5. The summed E-state index contributed by atoms with van der Waals surface area (Å²) in [4.78, 5) is 23.7. The molecule has 0 spiro atoms. The van der Waals surface area contributed by atoms with Gasteiger partial charge in [0.15, 0.2) is 11.5 Å². The van der Waals surface area contributed by atoms with E-state index in [1.807, 2.05) is 0 Å². The molecule has 23 heavy (non-hydrogen) atoms. The highest BCUT2D eigenvalue weighted by atomic mass is 32.1. The molecule has 0 aliphatic heterocycles. The van der Waals surface area contributed by atoms with Gasteiger partial charge in [-0.05, 0) is 29.1 Å². The maximum Gasteiger partial charge on any atom is 0.261 e. The first kappa shape index (κ1) is 16.8. The average molecular weight is 334 g/mol. The Morgan fingerprint density at radius 2 is 1.96 bits per heavy atom. The Bertz CT molecular complexity index is 684. The number of hydrogen-bond acceptors (Lipinski definition) is 6. The van der Waals surface area contributed by atoms with Crippen LogP contribution in [-0.4, -0.2) is 26.1 Å². The SMILES string of the molecule is COc1ccc(C(CC(=O)[O-])NC(=O)c2cccs2)cc1OC. The molecule has 1 amide bonds. The van der Waals surface area contributed by atoms with Gasteiger partial charge in [-0.3, -0.25) is 4.79 Å². The van der Waals surface area contributed by atoms with Crippen molar-refractivity contribution in [1.82, 2.24) is 5.32 Å². The fraction of sp³-hybridized carbons (Fsp3) is 0.250. The van der Waals surface area contributed by atoms with Gasteiger partial charge in [-0.1, -0.05) is 12.1 Å². The van der Waals surface area contributed by atoms with Crippen LogP contribution < -0.4 is 19.9 Å². The van der Waals surface area contributed by atoms with Crippen molar-refractivity contribution in [3.8, 4) is 11.5 Å². The molecule has 0 radical (unpaired) electrons. The molecular weight excluding hydrogens is 318 g/mol.